The zero-order chi connectivity index (χ0) is 30.2. The Morgan fingerprint density at radius 1 is 1.05 bits per heavy atom. The molecule has 0 saturated carbocycles. The van der Waals surface area contributed by atoms with E-state index in [0.717, 1.165) is 0 Å². The fourth-order valence-corrected chi connectivity index (χ4v) is 6.44. The number of hydrogen-bond donors (Lipinski definition) is 2. The number of carbonyl (C=O) groups excluding carboxylic acids is 1. The monoisotopic (exact) mass is 648 g/mol. The number of rotatable bonds is 9. The Bertz CT molecular complexity index is 885. The molecule has 0 radical (unpaired) electrons. The fraction of sp³-hybridized carbons (Fsp3) is 0.833. The highest BCUT2D eigenvalue weighted by atomic mass is 79.9. The maximum absolute atomic E-state index is 13.2. The van der Waals surface area contributed by atoms with E-state index in [-0.39, 0.29) is 37.1 Å². The molecule has 0 spiro atoms. The Hall–Kier alpha value is -0.890. The first-order chi connectivity index (χ1) is 19.5. The average Bonchev–Trinajstić information content (AvgIpc) is 2.89. The van der Waals surface area contributed by atoms with Gasteiger partial charge in [0.2, 0.25) is 0 Å². The lowest BCUT2D eigenvalue weighted by molar-refractivity contribution is -0.339. The number of allylic oxidation sites excluding steroid dienone is 3. The summed E-state index contributed by atoms with van der Waals surface area (Å²) in [7, 11) is 4.76. The molecule has 2 bridgehead atoms. The van der Waals surface area contributed by atoms with E-state index >= 15 is 0 Å². The quantitative estimate of drug-likeness (QED) is 0.278. The SMILES string of the molecule is CO[C@@H]1[C@@H](OC)[C@H](C)O[C@@H](O[C@@H]2C[C@@H]3CC[C@H](C)[C@@H](O)C[C@](C)(CC/C=C/C=C\Br)OC(=O)C[C@](O)(C2)O3)[C@@H]1OC. The van der Waals surface area contributed by atoms with Crippen LogP contribution in [0.15, 0.2) is 23.2 Å². The van der Waals surface area contributed by atoms with Crippen molar-refractivity contribution in [1.82, 2.24) is 0 Å². The van der Waals surface area contributed by atoms with Gasteiger partial charge < -0.3 is 43.4 Å². The second-order valence-electron chi connectivity index (χ2n) is 11.9. The molecule has 0 amide bonds. The van der Waals surface area contributed by atoms with Gasteiger partial charge in [-0.2, -0.15) is 0 Å². The lowest BCUT2D eigenvalue weighted by atomic mass is 9.84. The first-order valence-electron chi connectivity index (χ1n) is 14.6. The van der Waals surface area contributed by atoms with Crippen LogP contribution in [0.3, 0.4) is 0 Å². The first kappa shape index (κ1) is 34.6. The summed E-state index contributed by atoms with van der Waals surface area (Å²) >= 11 is 3.24. The van der Waals surface area contributed by atoms with Gasteiger partial charge in [0.15, 0.2) is 12.1 Å². The number of methoxy groups -OCH3 is 3. The van der Waals surface area contributed by atoms with Crippen molar-refractivity contribution in [2.24, 2.45) is 5.92 Å². The first-order valence-corrected chi connectivity index (χ1v) is 15.5. The van der Waals surface area contributed by atoms with Gasteiger partial charge >= 0.3 is 5.97 Å². The molecule has 0 aromatic rings. The molecule has 10 nitrogen and oxygen atoms in total. The van der Waals surface area contributed by atoms with Crippen molar-refractivity contribution in [2.75, 3.05) is 21.3 Å². The van der Waals surface area contributed by atoms with Crippen molar-refractivity contribution in [3.63, 3.8) is 0 Å². The molecule has 3 saturated heterocycles. The third kappa shape index (κ3) is 9.55. The summed E-state index contributed by atoms with van der Waals surface area (Å²) in [5.41, 5.74) is -0.905. The van der Waals surface area contributed by atoms with E-state index in [4.69, 9.17) is 33.2 Å². The number of cyclic esters (lactones) is 1. The summed E-state index contributed by atoms with van der Waals surface area (Å²) in [6.07, 6.45) is 4.75. The van der Waals surface area contributed by atoms with Gasteiger partial charge in [-0.1, -0.05) is 41.1 Å². The molecule has 3 fully saturated rings. The summed E-state index contributed by atoms with van der Waals surface area (Å²) in [4.78, 5) is 15.0. The number of fused-ring (bicyclic) bond motifs is 2. The largest absolute Gasteiger partial charge is 0.459 e. The number of esters is 1. The van der Waals surface area contributed by atoms with E-state index in [0.29, 0.717) is 38.5 Å². The van der Waals surface area contributed by atoms with Crippen molar-refractivity contribution in [3.05, 3.63) is 23.2 Å². The molecule has 0 aliphatic carbocycles. The van der Waals surface area contributed by atoms with Gasteiger partial charge in [0.25, 0.3) is 0 Å². The molecule has 11 atom stereocenters. The molecular formula is C30H49BrO10. The van der Waals surface area contributed by atoms with Gasteiger partial charge in [-0.05, 0) is 50.4 Å². The molecule has 3 aliphatic rings. The number of aliphatic hydroxyl groups is 2. The third-order valence-electron chi connectivity index (χ3n) is 8.51. The summed E-state index contributed by atoms with van der Waals surface area (Å²) in [5.74, 6) is -2.42. The molecule has 11 heteroatoms. The van der Waals surface area contributed by atoms with Gasteiger partial charge in [-0.15, -0.1) is 0 Å². The predicted octanol–water partition coefficient (Wildman–Crippen LogP) is 4.15. The van der Waals surface area contributed by atoms with Crippen molar-refractivity contribution < 1.29 is 48.2 Å². The Morgan fingerprint density at radius 2 is 1.76 bits per heavy atom. The highest BCUT2D eigenvalue weighted by molar-refractivity contribution is 9.11. The van der Waals surface area contributed by atoms with Crippen LogP contribution in [0, 0.1) is 5.92 Å². The predicted molar refractivity (Wildman–Crippen MR) is 155 cm³/mol. The summed E-state index contributed by atoms with van der Waals surface area (Å²) in [6.45, 7) is 5.71. The Morgan fingerprint density at radius 3 is 2.41 bits per heavy atom. The standard InChI is InChI=1S/C30H49BrO10/c1-19-11-12-21-15-22(39-28-27(37-6)26(36-5)25(35-4)20(2)38-28)16-30(34,40-21)18-24(33)41-29(3,17-23(19)32)13-9-7-8-10-14-31/h7-8,10,14,19-23,25-28,32,34H,9,11-13,15-18H2,1-6H3/b8-7+,14-10-/t19-,20-,21-,22+,23-,25-,26+,27+,28-,29-,30-/m0/s1. The van der Waals surface area contributed by atoms with E-state index in [1.165, 1.54) is 0 Å². The minimum Gasteiger partial charge on any atom is -0.459 e. The van der Waals surface area contributed by atoms with Gasteiger partial charge in [0, 0.05) is 40.6 Å². The topological polar surface area (TPSA) is 122 Å². The highest BCUT2D eigenvalue weighted by Crippen LogP contribution is 2.39. The minimum atomic E-state index is -1.77. The second kappa shape index (κ2) is 15.7. The highest BCUT2D eigenvalue weighted by Gasteiger charge is 2.50. The van der Waals surface area contributed by atoms with E-state index < -0.39 is 48.1 Å². The van der Waals surface area contributed by atoms with Crippen molar-refractivity contribution in [3.8, 4) is 0 Å². The smallest absolute Gasteiger partial charge is 0.311 e. The molecular weight excluding hydrogens is 600 g/mol. The normalized spacial score (nSPS) is 43.0. The Balaban J connectivity index is 1.78. The number of carbonyl (C=O) groups is 1. The molecule has 41 heavy (non-hydrogen) atoms. The lowest BCUT2D eigenvalue weighted by Gasteiger charge is -2.47. The second-order valence-corrected chi connectivity index (χ2v) is 12.4. The number of halogens is 1. The van der Waals surface area contributed by atoms with Gasteiger partial charge in [0.1, 0.15) is 23.9 Å². The van der Waals surface area contributed by atoms with Crippen LogP contribution >= 0.6 is 15.9 Å². The molecule has 2 N–H and O–H groups in total. The zero-order valence-electron chi connectivity index (χ0n) is 25.2. The molecule has 0 aromatic carbocycles. The van der Waals surface area contributed by atoms with Gasteiger partial charge in [-0.3, -0.25) is 4.79 Å². The van der Waals surface area contributed by atoms with Crippen molar-refractivity contribution >= 4 is 21.9 Å². The van der Waals surface area contributed by atoms with Gasteiger partial charge in [-0.25, -0.2) is 0 Å². The van der Waals surface area contributed by atoms with Crippen LogP contribution in [-0.4, -0.2) is 97.9 Å². The van der Waals surface area contributed by atoms with Gasteiger partial charge in [0.05, 0.1) is 30.8 Å². The van der Waals surface area contributed by atoms with Crippen LogP contribution in [0.4, 0.5) is 0 Å². The minimum absolute atomic E-state index is 0.0607. The van der Waals surface area contributed by atoms with Crippen LogP contribution < -0.4 is 0 Å². The van der Waals surface area contributed by atoms with Crippen LogP contribution in [0.2, 0.25) is 0 Å². The zero-order valence-corrected chi connectivity index (χ0v) is 26.8. The van der Waals surface area contributed by atoms with Crippen LogP contribution in [0.5, 0.6) is 0 Å². The fourth-order valence-electron chi connectivity index (χ4n) is 6.27. The van der Waals surface area contributed by atoms with Crippen molar-refractivity contribution in [2.45, 2.75) is 133 Å². The third-order valence-corrected chi connectivity index (χ3v) is 8.82. The summed E-state index contributed by atoms with van der Waals surface area (Å²) in [6, 6.07) is 0. The molecule has 0 aromatic heterocycles. The molecule has 3 aliphatic heterocycles. The number of hydrogen-bond acceptors (Lipinski definition) is 10. The average molecular weight is 650 g/mol. The molecule has 0 unspecified atom stereocenters. The van der Waals surface area contributed by atoms with E-state index in [1.54, 1.807) is 26.3 Å². The molecule has 3 heterocycles. The molecule has 236 valence electrons. The van der Waals surface area contributed by atoms with Crippen molar-refractivity contribution in [1.29, 1.82) is 0 Å². The summed E-state index contributed by atoms with van der Waals surface area (Å²) < 4.78 is 41.7. The number of ether oxygens (including phenoxy) is 7. The van der Waals surface area contributed by atoms with E-state index in [1.807, 2.05) is 39.0 Å². The summed E-state index contributed by atoms with van der Waals surface area (Å²) in [5, 5.41) is 22.6. The maximum Gasteiger partial charge on any atom is 0.311 e. The number of aliphatic hydroxyl groups excluding tert-OH is 1. The van der Waals surface area contributed by atoms with Crippen LogP contribution in [0.1, 0.15) is 72.1 Å². The lowest BCUT2D eigenvalue weighted by Crippen LogP contribution is -2.60. The van der Waals surface area contributed by atoms with E-state index in [2.05, 4.69) is 15.9 Å². The Kier molecular flexibility index (Phi) is 13.3. The maximum atomic E-state index is 13.2. The molecule has 3 rings (SSSR count). The Labute approximate surface area is 252 Å². The van der Waals surface area contributed by atoms with Crippen LogP contribution in [0.25, 0.3) is 0 Å². The van der Waals surface area contributed by atoms with E-state index in [9.17, 15) is 15.0 Å². The van der Waals surface area contributed by atoms with Crippen LogP contribution in [-0.2, 0) is 38.0 Å².